The van der Waals surface area contributed by atoms with Gasteiger partial charge in [-0.2, -0.15) is 13.2 Å². The molecule has 0 bridgehead atoms. The van der Waals surface area contributed by atoms with Crippen molar-refractivity contribution in [2.24, 2.45) is 5.92 Å². The minimum atomic E-state index is -4.64. The lowest BCUT2D eigenvalue weighted by atomic mass is 9.52. The largest absolute Gasteiger partial charge is 0.465 e. The maximum absolute atomic E-state index is 13.6. The number of hydrogen-bond donors (Lipinski definition) is 1. The summed E-state index contributed by atoms with van der Waals surface area (Å²) < 4.78 is 45.7. The van der Waals surface area contributed by atoms with E-state index in [0.717, 1.165) is 16.7 Å². The van der Waals surface area contributed by atoms with Crippen molar-refractivity contribution in [2.75, 3.05) is 7.11 Å². The van der Waals surface area contributed by atoms with Crippen molar-refractivity contribution in [2.45, 2.75) is 55.7 Å². The van der Waals surface area contributed by atoms with Crippen LogP contribution in [0.15, 0.2) is 48.5 Å². The van der Waals surface area contributed by atoms with E-state index in [1.165, 1.54) is 7.11 Å². The topological polar surface area (TPSA) is 46.5 Å². The molecule has 3 atom stereocenters. The number of aryl methyl sites for hydroxylation is 1. The first kappa shape index (κ1) is 20.9. The van der Waals surface area contributed by atoms with Gasteiger partial charge >= 0.3 is 12.1 Å². The highest BCUT2D eigenvalue weighted by molar-refractivity contribution is 5.89. The highest BCUT2D eigenvalue weighted by Crippen LogP contribution is 2.57. The zero-order valence-corrected chi connectivity index (χ0v) is 16.8. The van der Waals surface area contributed by atoms with Gasteiger partial charge < -0.3 is 9.84 Å². The Morgan fingerprint density at radius 2 is 1.90 bits per heavy atom. The Balaban J connectivity index is 1.79. The predicted octanol–water partition coefficient (Wildman–Crippen LogP) is 4.99. The summed E-state index contributed by atoms with van der Waals surface area (Å²) >= 11 is 0. The van der Waals surface area contributed by atoms with Crippen LogP contribution in [-0.4, -0.2) is 30.0 Å². The van der Waals surface area contributed by atoms with Gasteiger partial charge in [-0.05, 0) is 73.3 Å². The van der Waals surface area contributed by atoms with Crippen LogP contribution in [-0.2, 0) is 23.0 Å². The maximum atomic E-state index is 13.6. The van der Waals surface area contributed by atoms with Crippen molar-refractivity contribution in [1.29, 1.82) is 0 Å². The highest BCUT2D eigenvalue weighted by atomic mass is 19.4. The van der Waals surface area contributed by atoms with Crippen LogP contribution in [0.1, 0.15) is 52.7 Å². The van der Waals surface area contributed by atoms with E-state index in [1.807, 2.05) is 42.5 Å². The SMILES string of the molecule is COC(=O)c1ccc2c(c1)CCC1CC(O)(C(F)(F)F)CCC21Cc1ccccc1. The van der Waals surface area contributed by atoms with Gasteiger partial charge in [-0.25, -0.2) is 4.79 Å². The molecule has 1 saturated carbocycles. The highest BCUT2D eigenvalue weighted by Gasteiger charge is 2.61. The third-order valence-corrected chi connectivity index (χ3v) is 7.07. The standard InChI is InChI=1S/C24H25F3O3/c1-30-21(28)18-8-10-20-17(13-18)7-9-19-15-23(29,24(25,26)27)12-11-22(19,20)14-16-5-3-2-4-6-16/h2-6,8,10,13,19,29H,7,9,11-12,14-15H2,1H3. The van der Waals surface area contributed by atoms with E-state index >= 15 is 0 Å². The number of benzene rings is 2. The molecular formula is C24H25F3O3. The number of hydrogen-bond acceptors (Lipinski definition) is 3. The van der Waals surface area contributed by atoms with Crippen molar-refractivity contribution in [3.63, 3.8) is 0 Å². The summed E-state index contributed by atoms with van der Waals surface area (Å²) in [6.45, 7) is 0. The number of esters is 1. The molecule has 0 radical (unpaired) electrons. The molecule has 1 N–H and O–H groups in total. The van der Waals surface area contributed by atoms with E-state index in [4.69, 9.17) is 4.74 Å². The molecule has 3 nitrogen and oxygen atoms in total. The molecule has 2 aliphatic rings. The summed E-state index contributed by atoms with van der Waals surface area (Å²) in [4.78, 5) is 12.0. The Bertz CT molecular complexity index is 940. The number of alkyl halides is 3. The van der Waals surface area contributed by atoms with Crippen LogP contribution in [0.2, 0.25) is 0 Å². The second kappa shape index (κ2) is 7.41. The zero-order chi connectivity index (χ0) is 21.6. The smallest absolute Gasteiger partial charge is 0.417 e. The zero-order valence-electron chi connectivity index (χ0n) is 16.8. The quantitative estimate of drug-likeness (QED) is 0.714. The third-order valence-electron chi connectivity index (χ3n) is 7.07. The maximum Gasteiger partial charge on any atom is 0.417 e. The predicted molar refractivity (Wildman–Crippen MR) is 106 cm³/mol. The molecule has 4 rings (SSSR count). The number of rotatable bonds is 3. The molecule has 30 heavy (non-hydrogen) atoms. The molecule has 0 spiro atoms. The Labute approximate surface area is 173 Å². The van der Waals surface area contributed by atoms with Crippen LogP contribution < -0.4 is 0 Å². The Hall–Kier alpha value is -2.34. The first-order valence-corrected chi connectivity index (χ1v) is 10.2. The molecular weight excluding hydrogens is 393 g/mol. The molecule has 2 aromatic rings. The second-order valence-corrected chi connectivity index (χ2v) is 8.65. The van der Waals surface area contributed by atoms with Gasteiger partial charge in [-0.1, -0.05) is 36.4 Å². The number of methoxy groups -OCH3 is 1. The Morgan fingerprint density at radius 1 is 1.17 bits per heavy atom. The minimum Gasteiger partial charge on any atom is -0.465 e. The summed E-state index contributed by atoms with van der Waals surface area (Å²) in [5.74, 6) is -0.721. The van der Waals surface area contributed by atoms with Crippen molar-refractivity contribution < 1.29 is 27.8 Å². The number of ether oxygens (including phenoxy) is 1. The Morgan fingerprint density at radius 3 is 2.57 bits per heavy atom. The van der Waals surface area contributed by atoms with E-state index in [2.05, 4.69) is 0 Å². The van der Waals surface area contributed by atoms with E-state index in [1.54, 1.807) is 6.07 Å². The van der Waals surface area contributed by atoms with Crippen molar-refractivity contribution in [3.05, 3.63) is 70.8 Å². The molecule has 0 aromatic heterocycles. The average Bonchev–Trinajstić information content (AvgIpc) is 2.73. The minimum absolute atomic E-state index is 0.243. The third kappa shape index (κ3) is 3.41. The average molecular weight is 418 g/mol. The van der Waals surface area contributed by atoms with Gasteiger partial charge in [0.15, 0.2) is 5.60 Å². The molecule has 0 aliphatic heterocycles. The fourth-order valence-corrected chi connectivity index (χ4v) is 5.48. The van der Waals surface area contributed by atoms with Crippen LogP contribution in [0.25, 0.3) is 0 Å². The lowest BCUT2D eigenvalue weighted by Gasteiger charge is -2.53. The van der Waals surface area contributed by atoms with E-state index < -0.39 is 23.2 Å². The molecule has 2 aliphatic carbocycles. The van der Waals surface area contributed by atoms with Gasteiger partial charge in [-0.3, -0.25) is 0 Å². The van der Waals surface area contributed by atoms with Crippen LogP contribution in [0, 0.1) is 5.92 Å². The molecule has 0 heterocycles. The molecule has 3 unspecified atom stereocenters. The molecule has 2 aromatic carbocycles. The van der Waals surface area contributed by atoms with E-state index in [9.17, 15) is 23.1 Å². The van der Waals surface area contributed by atoms with Gasteiger partial charge in [0.05, 0.1) is 12.7 Å². The fourth-order valence-electron chi connectivity index (χ4n) is 5.48. The molecule has 160 valence electrons. The van der Waals surface area contributed by atoms with E-state index in [0.29, 0.717) is 24.8 Å². The van der Waals surface area contributed by atoms with Gasteiger partial charge in [0.2, 0.25) is 0 Å². The first-order valence-electron chi connectivity index (χ1n) is 10.2. The number of carbonyl (C=O) groups is 1. The fraction of sp³-hybridized carbons (Fsp3) is 0.458. The van der Waals surface area contributed by atoms with Gasteiger partial charge in [0.1, 0.15) is 0 Å². The summed E-state index contributed by atoms with van der Waals surface area (Å²) in [7, 11) is 1.33. The molecule has 0 saturated heterocycles. The molecule has 0 amide bonds. The molecule has 1 fully saturated rings. The van der Waals surface area contributed by atoms with Crippen LogP contribution in [0.3, 0.4) is 0 Å². The van der Waals surface area contributed by atoms with Crippen molar-refractivity contribution >= 4 is 5.97 Å². The lowest BCUT2D eigenvalue weighted by molar-refractivity contribution is -0.279. The van der Waals surface area contributed by atoms with Gasteiger partial charge in [-0.15, -0.1) is 0 Å². The number of halogens is 3. The number of fused-ring (bicyclic) bond motifs is 3. The summed E-state index contributed by atoms with van der Waals surface area (Å²) in [5, 5.41) is 10.4. The lowest BCUT2D eigenvalue weighted by Crippen LogP contribution is -2.56. The van der Waals surface area contributed by atoms with Gasteiger partial charge in [0.25, 0.3) is 0 Å². The normalized spacial score (nSPS) is 28.4. The monoisotopic (exact) mass is 418 g/mol. The summed E-state index contributed by atoms with van der Waals surface area (Å²) in [6, 6.07) is 15.2. The van der Waals surface area contributed by atoms with Crippen LogP contribution in [0.5, 0.6) is 0 Å². The van der Waals surface area contributed by atoms with Crippen LogP contribution >= 0.6 is 0 Å². The second-order valence-electron chi connectivity index (χ2n) is 8.65. The van der Waals surface area contributed by atoms with E-state index in [-0.39, 0.29) is 25.2 Å². The number of aliphatic hydroxyl groups is 1. The summed E-state index contributed by atoms with van der Waals surface area (Å²) in [5.41, 5.74) is 0.363. The molecule has 6 heteroatoms. The number of carbonyl (C=O) groups excluding carboxylic acids is 1. The van der Waals surface area contributed by atoms with Crippen molar-refractivity contribution in [1.82, 2.24) is 0 Å². The van der Waals surface area contributed by atoms with Crippen molar-refractivity contribution in [3.8, 4) is 0 Å². The van der Waals surface area contributed by atoms with Gasteiger partial charge in [0, 0.05) is 5.41 Å². The van der Waals surface area contributed by atoms with Crippen LogP contribution in [0.4, 0.5) is 13.2 Å². The summed E-state index contributed by atoms with van der Waals surface area (Å²) in [6.07, 6.45) is -3.28. The first-order chi connectivity index (χ1) is 14.2. The Kier molecular flexibility index (Phi) is 5.17.